The maximum Gasteiger partial charge on any atom is 0.225 e. The first kappa shape index (κ1) is 20.1. The molecule has 0 aliphatic heterocycles. The van der Waals surface area contributed by atoms with Gasteiger partial charge in [0.25, 0.3) is 0 Å². The van der Waals surface area contributed by atoms with Crippen LogP contribution in [0.1, 0.15) is 76.7 Å². The van der Waals surface area contributed by atoms with Crippen molar-refractivity contribution in [3.8, 4) is 0 Å². The van der Waals surface area contributed by atoms with Crippen LogP contribution in [0.25, 0.3) is 6.08 Å². The highest BCUT2D eigenvalue weighted by Gasteiger charge is 2.02. The van der Waals surface area contributed by atoms with E-state index in [2.05, 4.69) is 12.2 Å². The number of carbonyl (C=O) groups excluding carboxylic acids is 2. The predicted octanol–water partition coefficient (Wildman–Crippen LogP) is 5.67. The molecule has 0 aromatic heterocycles. The Morgan fingerprint density at radius 2 is 1.54 bits per heavy atom. The van der Waals surface area contributed by atoms with Crippen molar-refractivity contribution in [2.45, 2.75) is 71.1 Å². The van der Waals surface area contributed by atoms with E-state index in [4.69, 9.17) is 0 Å². The van der Waals surface area contributed by atoms with Crippen molar-refractivity contribution in [2.24, 2.45) is 0 Å². The smallest absolute Gasteiger partial charge is 0.225 e. The van der Waals surface area contributed by atoms with E-state index in [0.717, 1.165) is 24.1 Å². The molecule has 24 heavy (non-hydrogen) atoms. The maximum absolute atomic E-state index is 11.9. The number of hydrogen-bond acceptors (Lipinski definition) is 2. The minimum atomic E-state index is 0.0717. The lowest BCUT2D eigenvalue weighted by atomic mass is 10.1. The largest absolute Gasteiger partial charge is 0.326 e. The van der Waals surface area contributed by atoms with E-state index in [0.29, 0.717) is 6.42 Å². The van der Waals surface area contributed by atoms with Crippen molar-refractivity contribution in [1.29, 1.82) is 0 Å². The number of anilines is 1. The van der Waals surface area contributed by atoms with Gasteiger partial charge in [-0.2, -0.15) is 0 Å². The molecule has 1 amide bonds. The third kappa shape index (κ3) is 9.98. The van der Waals surface area contributed by atoms with Crippen LogP contribution >= 0.6 is 0 Å². The standard InChI is InChI=1S/C21H30NO2/c1-2-3-4-5-6-7-8-9-10-13-21(24)22-20-16-14-19(15-17-20)12-11-18-23/h11-12,14-17H,2-10,13H2,1H3,(H,22,24)/b12-11+. The highest BCUT2D eigenvalue weighted by molar-refractivity contribution is 5.90. The van der Waals surface area contributed by atoms with Gasteiger partial charge in [-0.05, 0) is 30.2 Å². The minimum absolute atomic E-state index is 0.0717. The second-order valence-electron chi connectivity index (χ2n) is 6.20. The van der Waals surface area contributed by atoms with E-state index >= 15 is 0 Å². The third-order valence-corrected chi connectivity index (χ3v) is 4.05. The summed E-state index contributed by atoms with van der Waals surface area (Å²) in [7, 11) is 0. The number of benzene rings is 1. The van der Waals surface area contributed by atoms with Crippen molar-refractivity contribution in [3.63, 3.8) is 0 Å². The molecule has 0 aliphatic carbocycles. The van der Waals surface area contributed by atoms with Crippen LogP contribution in [0.2, 0.25) is 0 Å². The number of rotatable bonds is 13. The van der Waals surface area contributed by atoms with E-state index in [1.165, 1.54) is 51.0 Å². The van der Waals surface area contributed by atoms with E-state index in [-0.39, 0.29) is 5.91 Å². The number of carbonyl (C=O) groups is 1. The van der Waals surface area contributed by atoms with Gasteiger partial charge >= 0.3 is 0 Å². The predicted molar refractivity (Wildman–Crippen MR) is 102 cm³/mol. The summed E-state index contributed by atoms with van der Waals surface area (Å²) < 4.78 is 0. The molecule has 1 aromatic rings. The molecule has 0 spiro atoms. The monoisotopic (exact) mass is 328 g/mol. The molecule has 1 N–H and O–H groups in total. The Morgan fingerprint density at radius 1 is 0.958 bits per heavy atom. The molecule has 131 valence electrons. The summed E-state index contributed by atoms with van der Waals surface area (Å²) in [5, 5.41) is 2.91. The molecule has 3 heteroatoms. The Balaban J connectivity index is 2.09. The van der Waals surface area contributed by atoms with Crippen LogP contribution in [0.5, 0.6) is 0 Å². The summed E-state index contributed by atoms with van der Waals surface area (Å²) in [5.74, 6) is 0.0717. The van der Waals surface area contributed by atoms with E-state index in [9.17, 15) is 9.59 Å². The number of nitrogens with one attached hydrogen (secondary N) is 1. The molecule has 0 unspecified atom stereocenters. The normalized spacial score (nSPS) is 10.9. The molecule has 0 saturated heterocycles. The molecule has 0 heterocycles. The molecule has 1 rings (SSSR count). The average molecular weight is 328 g/mol. The Morgan fingerprint density at radius 3 is 2.12 bits per heavy atom. The Bertz CT molecular complexity index is 491. The number of hydrogen-bond donors (Lipinski definition) is 1. The lowest BCUT2D eigenvalue weighted by molar-refractivity contribution is -0.116. The topological polar surface area (TPSA) is 46.2 Å². The molecule has 0 atom stereocenters. The molecule has 0 bridgehead atoms. The van der Waals surface area contributed by atoms with E-state index in [1.54, 1.807) is 12.4 Å². The van der Waals surface area contributed by atoms with Crippen LogP contribution in [0.3, 0.4) is 0 Å². The van der Waals surface area contributed by atoms with Crippen LogP contribution < -0.4 is 5.32 Å². The minimum Gasteiger partial charge on any atom is -0.326 e. The molecular formula is C21H30NO2. The van der Waals surface area contributed by atoms with Crippen LogP contribution in [0.15, 0.2) is 30.3 Å². The van der Waals surface area contributed by atoms with Crippen molar-refractivity contribution in [1.82, 2.24) is 0 Å². The summed E-state index contributed by atoms with van der Waals surface area (Å²) in [6.07, 6.45) is 16.6. The number of amides is 1. The molecule has 0 fully saturated rings. The van der Waals surface area contributed by atoms with Crippen LogP contribution in [-0.2, 0) is 9.59 Å². The average Bonchev–Trinajstić information content (AvgIpc) is 2.60. The van der Waals surface area contributed by atoms with Gasteiger partial charge in [-0.25, -0.2) is 0 Å². The second kappa shape index (κ2) is 13.5. The van der Waals surface area contributed by atoms with E-state index < -0.39 is 0 Å². The van der Waals surface area contributed by atoms with Gasteiger partial charge in [0.2, 0.25) is 12.2 Å². The van der Waals surface area contributed by atoms with Crippen LogP contribution in [0.4, 0.5) is 5.69 Å². The van der Waals surface area contributed by atoms with E-state index in [1.807, 2.05) is 24.3 Å². The molecule has 1 radical (unpaired) electrons. The fourth-order valence-electron chi connectivity index (χ4n) is 2.63. The molecule has 0 saturated carbocycles. The number of allylic oxidation sites excluding steroid dienone is 1. The lowest BCUT2D eigenvalue weighted by Gasteiger charge is -2.06. The molecule has 3 nitrogen and oxygen atoms in total. The highest BCUT2D eigenvalue weighted by atomic mass is 16.1. The zero-order valence-electron chi connectivity index (χ0n) is 14.9. The summed E-state index contributed by atoms with van der Waals surface area (Å²) in [5.41, 5.74) is 1.71. The van der Waals surface area contributed by atoms with Gasteiger partial charge < -0.3 is 5.32 Å². The fourth-order valence-corrected chi connectivity index (χ4v) is 2.63. The molecule has 1 aromatic carbocycles. The Kier molecular flexibility index (Phi) is 11.4. The van der Waals surface area contributed by atoms with Crippen molar-refractivity contribution < 1.29 is 9.59 Å². The first-order chi connectivity index (χ1) is 11.8. The summed E-state index contributed by atoms with van der Waals surface area (Å²) in [6, 6.07) is 7.42. The van der Waals surface area contributed by atoms with Crippen LogP contribution in [-0.4, -0.2) is 12.2 Å². The van der Waals surface area contributed by atoms with Gasteiger partial charge in [0.15, 0.2) is 0 Å². The van der Waals surface area contributed by atoms with Gasteiger partial charge in [-0.3, -0.25) is 9.59 Å². The SMILES string of the molecule is CCCCCCCCCCCC(=O)Nc1ccc(/C=C/[C]=O)cc1. The van der Waals surface area contributed by atoms with Crippen LogP contribution in [0, 0.1) is 0 Å². The molecular weight excluding hydrogens is 298 g/mol. The zero-order chi connectivity index (χ0) is 17.5. The highest BCUT2D eigenvalue weighted by Crippen LogP contribution is 2.13. The van der Waals surface area contributed by atoms with Gasteiger partial charge in [0.1, 0.15) is 0 Å². The fraction of sp³-hybridized carbons (Fsp3) is 0.524. The number of unbranched alkanes of at least 4 members (excludes halogenated alkanes) is 8. The first-order valence-electron chi connectivity index (χ1n) is 9.20. The maximum atomic E-state index is 11.9. The van der Waals surface area contributed by atoms with Crippen molar-refractivity contribution in [2.75, 3.05) is 5.32 Å². The summed E-state index contributed by atoms with van der Waals surface area (Å²) in [6.45, 7) is 2.24. The molecule has 0 aliphatic rings. The van der Waals surface area contributed by atoms with Gasteiger partial charge in [-0.1, -0.05) is 76.5 Å². The first-order valence-corrected chi connectivity index (χ1v) is 9.20. The van der Waals surface area contributed by atoms with Gasteiger partial charge in [-0.15, -0.1) is 0 Å². The third-order valence-electron chi connectivity index (χ3n) is 4.05. The second-order valence-corrected chi connectivity index (χ2v) is 6.20. The summed E-state index contributed by atoms with van der Waals surface area (Å²) >= 11 is 0. The Labute approximate surface area is 146 Å². The van der Waals surface area contributed by atoms with Crippen molar-refractivity contribution in [3.05, 3.63) is 35.9 Å². The van der Waals surface area contributed by atoms with Gasteiger partial charge in [0.05, 0.1) is 0 Å². The lowest BCUT2D eigenvalue weighted by Crippen LogP contribution is -2.10. The Hall–Kier alpha value is -1.90. The van der Waals surface area contributed by atoms with Gasteiger partial charge in [0, 0.05) is 12.1 Å². The summed E-state index contributed by atoms with van der Waals surface area (Å²) in [4.78, 5) is 22.0. The quantitative estimate of drug-likeness (QED) is 0.374. The zero-order valence-corrected chi connectivity index (χ0v) is 14.9. The van der Waals surface area contributed by atoms with Crippen molar-refractivity contribution >= 4 is 24.0 Å².